The van der Waals surface area contributed by atoms with Crippen molar-refractivity contribution in [2.45, 2.75) is 32.9 Å². The molecule has 1 aromatic carbocycles. The van der Waals surface area contributed by atoms with Crippen molar-refractivity contribution in [3.63, 3.8) is 0 Å². The smallest absolute Gasteiger partial charge is 0.407 e. The Morgan fingerprint density at radius 2 is 1.95 bits per heavy atom. The Morgan fingerprint density at radius 3 is 2.55 bits per heavy atom. The first-order valence-electron chi connectivity index (χ1n) is 7.24. The molecule has 0 radical (unpaired) electrons. The summed E-state index contributed by atoms with van der Waals surface area (Å²) < 4.78 is 15.9. The Morgan fingerprint density at radius 1 is 1.27 bits per heavy atom. The lowest BCUT2D eigenvalue weighted by molar-refractivity contribution is -0.0974. The first-order chi connectivity index (χ1) is 10.5. The van der Waals surface area contributed by atoms with Crippen molar-refractivity contribution in [2.24, 2.45) is 5.92 Å². The van der Waals surface area contributed by atoms with Gasteiger partial charge in [-0.1, -0.05) is 36.7 Å². The molecule has 0 bridgehead atoms. The highest BCUT2D eigenvalue weighted by Crippen LogP contribution is 2.31. The fourth-order valence-electron chi connectivity index (χ4n) is 1.98. The molecule has 5 nitrogen and oxygen atoms in total. The van der Waals surface area contributed by atoms with Gasteiger partial charge in [-0.15, -0.1) is 0 Å². The standard InChI is InChI=1S/C16H24ClNO4/c1-11(2)18-16(19)21-9-12(3)15(22-10-20-4)13-7-5-6-8-14(13)17/h5-8,11-12,15H,9-10H2,1-4H3,(H,18,19). The van der Waals surface area contributed by atoms with E-state index in [-0.39, 0.29) is 31.5 Å². The minimum absolute atomic E-state index is 0.0342. The molecule has 22 heavy (non-hydrogen) atoms. The van der Waals surface area contributed by atoms with Gasteiger partial charge in [0.1, 0.15) is 6.79 Å². The first-order valence-corrected chi connectivity index (χ1v) is 7.61. The Balaban J connectivity index is 2.71. The highest BCUT2D eigenvalue weighted by Gasteiger charge is 2.24. The number of carbonyl (C=O) groups excluding carboxylic acids is 1. The maximum absolute atomic E-state index is 11.6. The molecule has 2 atom stereocenters. The fraction of sp³-hybridized carbons (Fsp3) is 0.562. The molecule has 1 N–H and O–H groups in total. The van der Waals surface area contributed by atoms with E-state index in [2.05, 4.69) is 5.32 Å². The largest absolute Gasteiger partial charge is 0.449 e. The summed E-state index contributed by atoms with van der Waals surface area (Å²) in [5.41, 5.74) is 0.849. The third-order valence-corrected chi connectivity index (χ3v) is 3.32. The van der Waals surface area contributed by atoms with Crippen LogP contribution in [0.3, 0.4) is 0 Å². The molecule has 0 saturated carbocycles. The minimum Gasteiger partial charge on any atom is -0.449 e. The molecule has 1 rings (SSSR count). The zero-order valence-electron chi connectivity index (χ0n) is 13.5. The van der Waals surface area contributed by atoms with E-state index in [0.717, 1.165) is 5.56 Å². The van der Waals surface area contributed by atoms with E-state index in [1.54, 1.807) is 13.2 Å². The van der Waals surface area contributed by atoms with Crippen LogP contribution in [-0.4, -0.2) is 32.6 Å². The van der Waals surface area contributed by atoms with Crippen LogP contribution in [0, 0.1) is 5.92 Å². The molecule has 0 aromatic heterocycles. The average Bonchev–Trinajstić information content (AvgIpc) is 2.46. The number of hydrogen-bond acceptors (Lipinski definition) is 4. The van der Waals surface area contributed by atoms with E-state index < -0.39 is 6.09 Å². The predicted octanol–water partition coefficient (Wildman–Crippen LogP) is 3.77. The summed E-state index contributed by atoms with van der Waals surface area (Å²) in [5, 5.41) is 3.29. The van der Waals surface area contributed by atoms with Crippen LogP contribution >= 0.6 is 11.6 Å². The van der Waals surface area contributed by atoms with Gasteiger partial charge in [0, 0.05) is 24.1 Å². The molecule has 0 aliphatic heterocycles. The van der Waals surface area contributed by atoms with Gasteiger partial charge in [-0.2, -0.15) is 0 Å². The van der Waals surface area contributed by atoms with Crippen LogP contribution < -0.4 is 5.32 Å². The molecule has 0 aliphatic rings. The minimum atomic E-state index is -0.438. The molecule has 2 unspecified atom stereocenters. The Bertz CT molecular complexity index is 467. The highest BCUT2D eigenvalue weighted by atomic mass is 35.5. The lowest BCUT2D eigenvalue weighted by Gasteiger charge is -2.25. The van der Waals surface area contributed by atoms with E-state index in [1.165, 1.54) is 0 Å². The molecule has 1 aromatic rings. The quantitative estimate of drug-likeness (QED) is 0.737. The normalized spacial score (nSPS) is 13.7. The fourth-order valence-corrected chi connectivity index (χ4v) is 2.22. The molecule has 124 valence electrons. The van der Waals surface area contributed by atoms with Crippen LogP contribution in [0.2, 0.25) is 5.02 Å². The second kappa shape index (κ2) is 9.66. The van der Waals surface area contributed by atoms with Crippen LogP contribution in [0.15, 0.2) is 24.3 Å². The van der Waals surface area contributed by atoms with Gasteiger partial charge >= 0.3 is 6.09 Å². The molecule has 0 fully saturated rings. The maximum atomic E-state index is 11.6. The van der Waals surface area contributed by atoms with E-state index in [1.807, 2.05) is 39.0 Å². The number of rotatable bonds is 8. The zero-order valence-corrected chi connectivity index (χ0v) is 14.2. The number of alkyl carbamates (subject to hydrolysis) is 1. The zero-order chi connectivity index (χ0) is 16.5. The van der Waals surface area contributed by atoms with Crippen molar-refractivity contribution in [3.05, 3.63) is 34.9 Å². The molecule has 0 saturated heterocycles. The van der Waals surface area contributed by atoms with Gasteiger partial charge in [-0.3, -0.25) is 0 Å². The lowest BCUT2D eigenvalue weighted by Crippen LogP contribution is -2.32. The number of benzene rings is 1. The van der Waals surface area contributed by atoms with E-state index in [4.69, 9.17) is 25.8 Å². The number of halogens is 1. The molecule has 1 amide bonds. The maximum Gasteiger partial charge on any atom is 0.407 e. The van der Waals surface area contributed by atoms with Gasteiger partial charge in [0.2, 0.25) is 0 Å². The lowest BCUT2D eigenvalue weighted by atomic mass is 9.98. The highest BCUT2D eigenvalue weighted by molar-refractivity contribution is 6.31. The van der Waals surface area contributed by atoms with Crippen LogP contribution in [0.25, 0.3) is 0 Å². The third kappa shape index (κ3) is 6.22. The van der Waals surface area contributed by atoms with Crippen LogP contribution in [0.4, 0.5) is 4.79 Å². The monoisotopic (exact) mass is 329 g/mol. The van der Waals surface area contributed by atoms with Gasteiger partial charge < -0.3 is 19.5 Å². The summed E-state index contributed by atoms with van der Waals surface area (Å²) in [6.45, 7) is 6.04. The Labute approximate surface area is 136 Å². The van der Waals surface area contributed by atoms with Gasteiger partial charge in [0.05, 0.1) is 12.7 Å². The number of methoxy groups -OCH3 is 1. The summed E-state index contributed by atoms with van der Waals surface area (Å²) in [6.07, 6.45) is -0.757. The Hall–Kier alpha value is -1.30. The summed E-state index contributed by atoms with van der Waals surface area (Å²) in [4.78, 5) is 11.6. The topological polar surface area (TPSA) is 56.8 Å². The first kappa shape index (κ1) is 18.7. The Kier molecular flexibility index (Phi) is 8.24. The predicted molar refractivity (Wildman–Crippen MR) is 85.9 cm³/mol. The second-order valence-electron chi connectivity index (χ2n) is 5.39. The summed E-state index contributed by atoms with van der Waals surface area (Å²) >= 11 is 6.23. The molecule has 0 spiro atoms. The van der Waals surface area contributed by atoms with Gasteiger partial charge in [-0.25, -0.2) is 4.79 Å². The number of nitrogens with one attached hydrogen (secondary N) is 1. The van der Waals surface area contributed by atoms with Gasteiger partial charge in [0.15, 0.2) is 0 Å². The van der Waals surface area contributed by atoms with E-state index in [9.17, 15) is 4.79 Å². The average molecular weight is 330 g/mol. The third-order valence-electron chi connectivity index (χ3n) is 2.98. The van der Waals surface area contributed by atoms with Gasteiger partial charge in [0.25, 0.3) is 0 Å². The number of carbonyl (C=O) groups is 1. The second-order valence-corrected chi connectivity index (χ2v) is 5.80. The number of amides is 1. The van der Waals surface area contributed by atoms with Crippen molar-refractivity contribution >= 4 is 17.7 Å². The SMILES string of the molecule is COCOC(c1ccccc1Cl)C(C)COC(=O)NC(C)C. The molecular weight excluding hydrogens is 306 g/mol. The van der Waals surface area contributed by atoms with Crippen LogP contribution in [0.1, 0.15) is 32.4 Å². The van der Waals surface area contributed by atoms with E-state index >= 15 is 0 Å². The summed E-state index contributed by atoms with van der Waals surface area (Å²) in [5.74, 6) is -0.0760. The summed E-state index contributed by atoms with van der Waals surface area (Å²) in [6, 6.07) is 7.48. The summed E-state index contributed by atoms with van der Waals surface area (Å²) in [7, 11) is 1.56. The van der Waals surface area contributed by atoms with Crippen molar-refractivity contribution in [1.82, 2.24) is 5.32 Å². The van der Waals surface area contributed by atoms with Crippen molar-refractivity contribution < 1.29 is 19.0 Å². The van der Waals surface area contributed by atoms with Gasteiger partial charge in [-0.05, 0) is 25.5 Å². The number of ether oxygens (including phenoxy) is 3. The van der Waals surface area contributed by atoms with E-state index in [0.29, 0.717) is 5.02 Å². The molecular formula is C16H24ClNO4. The van der Waals surface area contributed by atoms with Crippen LogP contribution in [0.5, 0.6) is 0 Å². The molecule has 0 heterocycles. The number of hydrogen-bond donors (Lipinski definition) is 1. The van der Waals surface area contributed by atoms with Crippen molar-refractivity contribution in [1.29, 1.82) is 0 Å². The molecule has 0 aliphatic carbocycles. The van der Waals surface area contributed by atoms with Crippen LogP contribution in [-0.2, 0) is 14.2 Å². The van der Waals surface area contributed by atoms with Crippen molar-refractivity contribution in [2.75, 3.05) is 20.5 Å². The molecule has 6 heteroatoms. The van der Waals surface area contributed by atoms with Crippen molar-refractivity contribution in [3.8, 4) is 0 Å².